The van der Waals surface area contributed by atoms with Gasteiger partial charge in [0.1, 0.15) is 6.10 Å². The van der Waals surface area contributed by atoms with Gasteiger partial charge in [-0.25, -0.2) is 0 Å². The largest absolute Gasteiger partial charge is 0.462 e. The number of hydrogen-bond donors (Lipinski definition) is 0. The topological polar surface area (TPSA) is 35.5 Å². The second-order valence-corrected chi connectivity index (χ2v) is 16.2. The van der Waals surface area contributed by atoms with Crippen molar-refractivity contribution in [1.29, 1.82) is 0 Å². The maximum Gasteiger partial charge on any atom is 0.302 e. The van der Waals surface area contributed by atoms with Gasteiger partial charge in [-0.3, -0.25) is 4.79 Å². The van der Waals surface area contributed by atoms with E-state index in [4.69, 9.17) is 9.47 Å². The number of hydrogen-bond acceptors (Lipinski definition) is 3. The summed E-state index contributed by atoms with van der Waals surface area (Å²) in [6, 6.07) is 0. The van der Waals surface area contributed by atoms with E-state index >= 15 is 0 Å². The number of ether oxygens (including phenoxy) is 2. The van der Waals surface area contributed by atoms with E-state index < -0.39 is 0 Å². The molecule has 3 nitrogen and oxygen atoms in total. The van der Waals surface area contributed by atoms with Gasteiger partial charge < -0.3 is 9.47 Å². The number of carbonyl (C=O) groups is 1. The van der Waals surface area contributed by atoms with Crippen LogP contribution >= 0.6 is 0 Å². The fraction of sp³-hybridized carbons (Fsp3) is 0.969. The first kappa shape index (κ1) is 24.7. The molecule has 0 N–H and O–H groups in total. The molecule has 0 amide bonds. The zero-order valence-electron chi connectivity index (χ0n) is 24.0. The molecule has 10 atom stereocenters. The lowest BCUT2D eigenvalue weighted by atomic mass is 9.31. The quantitative estimate of drug-likeness (QED) is 0.356. The second kappa shape index (κ2) is 7.29. The molecule has 0 radical (unpaired) electrons. The molecule has 5 saturated carbocycles. The van der Waals surface area contributed by atoms with E-state index in [2.05, 4.69) is 48.5 Å². The normalized spacial score (nSPS) is 55.7. The predicted octanol–water partition coefficient (Wildman–Crippen LogP) is 7.81. The molecule has 0 aromatic heterocycles. The van der Waals surface area contributed by atoms with E-state index in [0.717, 1.165) is 30.8 Å². The first-order valence-electron chi connectivity index (χ1n) is 15.0. The SMILES string of the molecule is CC(=O)O[C@H]1CC[C@@]2(C)[C@H](CC[C@]3(C)[C@H]2CC[C@@H]2[C@@H]4[C@H]5OC[C@@]4(CCC5(C)C)CC[C@]23C)C1(C)C. The molecule has 0 unspecified atom stereocenters. The van der Waals surface area contributed by atoms with Crippen molar-refractivity contribution < 1.29 is 14.3 Å². The van der Waals surface area contributed by atoms with Crippen molar-refractivity contribution in [2.75, 3.05) is 6.61 Å². The van der Waals surface area contributed by atoms with Crippen molar-refractivity contribution in [3.63, 3.8) is 0 Å². The van der Waals surface area contributed by atoms with E-state index in [1.165, 1.54) is 57.8 Å². The average Bonchev–Trinajstić information content (AvgIpc) is 3.10. The number of fused-ring (bicyclic) bond motifs is 5. The highest BCUT2D eigenvalue weighted by Gasteiger charge is 2.72. The van der Waals surface area contributed by atoms with Gasteiger partial charge in [0.15, 0.2) is 0 Å². The van der Waals surface area contributed by atoms with Gasteiger partial charge in [-0.1, -0.05) is 48.5 Å². The third kappa shape index (κ3) is 2.97. The van der Waals surface area contributed by atoms with Gasteiger partial charge in [-0.15, -0.1) is 0 Å². The molecule has 0 aromatic carbocycles. The second-order valence-electron chi connectivity index (χ2n) is 16.2. The van der Waals surface area contributed by atoms with Crippen LogP contribution in [0.15, 0.2) is 0 Å². The van der Waals surface area contributed by atoms with Crippen molar-refractivity contribution in [3.8, 4) is 0 Å². The Hall–Kier alpha value is -0.570. The first-order chi connectivity index (χ1) is 16.2. The molecule has 5 aliphatic carbocycles. The average molecular weight is 485 g/mol. The molecular formula is C32H52O3. The Bertz CT molecular complexity index is 906. The van der Waals surface area contributed by atoms with Gasteiger partial charge in [0.2, 0.25) is 0 Å². The summed E-state index contributed by atoms with van der Waals surface area (Å²) in [5.41, 5.74) is 2.00. The van der Waals surface area contributed by atoms with Gasteiger partial charge >= 0.3 is 5.97 Å². The minimum Gasteiger partial charge on any atom is -0.462 e. The molecule has 1 saturated heterocycles. The van der Waals surface area contributed by atoms with Crippen molar-refractivity contribution in [2.24, 2.45) is 56.2 Å². The maximum absolute atomic E-state index is 11.9. The summed E-state index contributed by atoms with van der Waals surface area (Å²) in [4.78, 5) is 11.9. The van der Waals surface area contributed by atoms with Gasteiger partial charge in [0.05, 0.1) is 12.7 Å². The summed E-state index contributed by atoms with van der Waals surface area (Å²) in [7, 11) is 0. The summed E-state index contributed by atoms with van der Waals surface area (Å²) in [6.07, 6.45) is 13.7. The van der Waals surface area contributed by atoms with Crippen molar-refractivity contribution in [3.05, 3.63) is 0 Å². The zero-order valence-corrected chi connectivity index (χ0v) is 24.0. The fourth-order valence-corrected chi connectivity index (χ4v) is 12.4. The summed E-state index contributed by atoms with van der Waals surface area (Å²) in [5, 5.41) is 0. The monoisotopic (exact) mass is 484 g/mol. The molecule has 6 rings (SSSR count). The Labute approximate surface area is 214 Å². The first-order valence-corrected chi connectivity index (χ1v) is 15.0. The van der Waals surface area contributed by atoms with Crippen LogP contribution in [0.5, 0.6) is 0 Å². The van der Waals surface area contributed by atoms with Crippen molar-refractivity contribution in [2.45, 2.75) is 132 Å². The zero-order chi connectivity index (χ0) is 25.2. The fourth-order valence-electron chi connectivity index (χ4n) is 12.4. The Balaban J connectivity index is 1.35. The molecule has 1 aliphatic heterocycles. The third-order valence-electron chi connectivity index (χ3n) is 14.4. The summed E-state index contributed by atoms with van der Waals surface area (Å²) in [5.74, 6) is 2.88. The van der Waals surface area contributed by atoms with Gasteiger partial charge in [-0.05, 0) is 115 Å². The minimum atomic E-state index is -0.108. The lowest BCUT2D eigenvalue weighted by Crippen LogP contribution is -2.67. The number of rotatable bonds is 1. The van der Waals surface area contributed by atoms with Crippen LogP contribution in [0.1, 0.15) is 120 Å². The van der Waals surface area contributed by atoms with E-state index in [1.54, 1.807) is 6.92 Å². The molecule has 3 heteroatoms. The third-order valence-corrected chi connectivity index (χ3v) is 14.4. The Morgan fingerprint density at radius 3 is 2.20 bits per heavy atom. The van der Waals surface area contributed by atoms with Gasteiger partial charge in [0, 0.05) is 12.3 Å². The molecule has 35 heavy (non-hydrogen) atoms. The summed E-state index contributed by atoms with van der Waals surface area (Å²) in [6.45, 7) is 20.5. The van der Waals surface area contributed by atoms with Crippen molar-refractivity contribution in [1.82, 2.24) is 0 Å². The van der Waals surface area contributed by atoms with E-state index in [1.807, 2.05) is 0 Å². The van der Waals surface area contributed by atoms with Gasteiger partial charge in [-0.2, -0.15) is 0 Å². The minimum absolute atomic E-state index is 0.0503. The van der Waals surface area contributed by atoms with Crippen LogP contribution in [0.3, 0.4) is 0 Å². The Morgan fingerprint density at radius 1 is 0.771 bits per heavy atom. The molecule has 0 aromatic rings. The standard InChI is InChI=1S/C32H52O3/c1-20(33)35-24-12-13-29(6)22(28(24,4)5)11-14-31(8)23(29)10-9-21-25-26-27(2,3)15-17-32(25,19-34-26)18-16-30(21,31)7/h21-26H,9-19H2,1-8H3/t21-,22-,23+,24+,25-,26-,29+,30-,31-,32-/m1/s1. The molecule has 6 aliphatic rings. The highest BCUT2D eigenvalue weighted by atomic mass is 16.5. The molecule has 2 bridgehead atoms. The van der Waals surface area contributed by atoms with Crippen LogP contribution in [0.25, 0.3) is 0 Å². The highest BCUT2D eigenvalue weighted by molar-refractivity contribution is 5.66. The lowest BCUT2D eigenvalue weighted by Gasteiger charge is -2.73. The number of esters is 1. The van der Waals surface area contributed by atoms with Gasteiger partial charge in [0.25, 0.3) is 0 Å². The number of carbonyl (C=O) groups excluding carboxylic acids is 1. The van der Waals surface area contributed by atoms with E-state index in [9.17, 15) is 4.79 Å². The van der Waals surface area contributed by atoms with Crippen LogP contribution in [0, 0.1) is 56.2 Å². The Kier molecular flexibility index (Phi) is 5.16. The van der Waals surface area contributed by atoms with Crippen molar-refractivity contribution >= 4 is 5.97 Å². The summed E-state index contributed by atoms with van der Waals surface area (Å²) < 4.78 is 12.7. The molecular weight excluding hydrogens is 432 g/mol. The van der Waals surface area contributed by atoms with Crippen LogP contribution in [-0.4, -0.2) is 24.8 Å². The maximum atomic E-state index is 11.9. The molecule has 1 heterocycles. The molecule has 6 fully saturated rings. The molecule has 0 spiro atoms. The van der Waals surface area contributed by atoms with E-state index in [-0.39, 0.29) is 17.5 Å². The predicted molar refractivity (Wildman–Crippen MR) is 140 cm³/mol. The van der Waals surface area contributed by atoms with Crippen LogP contribution in [-0.2, 0) is 14.3 Å². The van der Waals surface area contributed by atoms with Crippen LogP contribution in [0.4, 0.5) is 0 Å². The lowest BCUT2D eigenvalue weighted by molar-refractivity contribution is -0.254. The molecule has 198 valence electrons. The van der Waals surface area contributed by atoms with Crippen LogP contribution in [0.2, 0.25) is 0 Å². The smallest absolute Gasteiger partial charge is 0.302 e. The summed E-state index contributed by atoms with van der Waals surface area (Å²) >= 11 is 0. The van der Waals surface area contributed by atoms with E-state index in [0.29, 0.717) is 39.1 Å². The van der Waals surface area contributed by atoms with Crippen LogP contribution < -0.4 is 0 Å². The Morgan fingerprint density at radius 2 is 1.49 bits per heavy atom. The highest BCUT2D eigenvalue weighted by Crippen LogP contribution is 2.78.